The first kappa shape index (κ1) is 13.2. The van der Waals surface area contributed by atoms with Crippen LogP contribution in [0.25, 0.3) is 0 Å². The van der Waals surface area contributed by atoms with E-state index in [-0.39, 0.29) is 11.8 Å². The molecule has 0 aliphatic heterocycles. The van der Waals surface area contributed by atoms with Crippen LogP contribution in [0.15, 0.2) is 6.33 Å². The maximum Gasteiger partial charge on any atom is 0.237 e. The van der Waals surface area contributed by atoms with Crippen LogP contribution in [0.1, 0.15) is 19.7 Å². The molecular formula is C11H17N5O. The van der Waals surface area contributed by atoms with Crippen molar-refractivity contribution < 1.29 is 4.79 Å². The molecule has 17 heavy (non-hydrogen) atoms. The van der Waals surface area contributed by atoms with Crippen molar-refractivity contribution in [3.63, 3.8) is 0 Å². The fraction of sp³-hybridized carbons (Fsp3) is 0.636. The molecule has 6 heteroatoms. The Morgan fingerprint density at radius 1 is 1.65 bits per heavy atom. The molecule has 92 valence electrons. The summed E-state index contributed by atoms with van der Waals surface area (Å²) in [5.74, 6) is -0.107. The quantitative estimate of drug-likeness (QED) is 0.794. The Kier molecular flexibility index (Phi) is 4.64. The van der Waals surface area contributed by atoms with Gasteiger partial charge in [-0.3, -0.25) is 9.48 Å². The van der Waals surface area contributed by atoms with Crippen molar-refractivity contribution in [2.45, 2.75) is 20.3 Å². The largest absolute Gasteiger partial charge is 0.355 e. The molecule has 1 N–H and O–H groups in total. The summed E-state index contributed by atoms with van der Waals surface area (Å²) < 4.78 is 1.61. The van der Waals surface area contributed by atoms with Crippen LogP contribution in [-0.4, -0.2) is 27.2 Å². The number of nitriles is 1. The minimum atomic E-state index is -0.591. The lowest BCUT2D eigenvalue weighted by Crippen LogP contribution is -2.34. The van der Waals surface area contributed by atoms with E-state index in [9.17, 15) is 4.79 Å². The first-order valence-electron chi connectivity index (χ1n) is 5.56. The summed E-state index contributed by atoms with van der Waals surface area (Å²) in [5, 5.41) is 15.7. The SMILES string of the molecule is CC(C)C(C#N)C(=O)NCCc1ncn(C)n1. The molecule has 1 unspecified atom stereocenters. The van der Waals surface area contributed by atoms with Crippen molar-refractivity contribution in [1.29, 1.82) is 5.26 Å². The van der Waals surface area contributed by atoms with Crippen LogP contribution >= 0.6 is 0 Å². The highest BCUT2D eigenvalue weighted by Gasteiger charge is 2.20. The van der Waals surface area contributed by atoms with Crippen LogP contribution in [0.2, 0.25) is 0 Å². The fourth-order valence-electron chi connectivity index (χ4n) is 1.42. The van der Waals surface area contributed by atoms with E-state index in [2.05, 4.69) is 15.4 Å². The summed E-state index contributed by atoms with van der Waals surface area (Å²) in [4.78, 5) is 15.7. The molecule has 1 amide bonds. The van der Waals surface area contributed by atoms with E-state index < -0.39 is 5.92 Å². The number of carbonyl (C=O) groups excluding carboxylic acids is 1. The molecule has 0 aliphatic rings. The zero-order valence-electron chi connectivity index (χ0n) is 10.3. The number of hydrogen-bond acceptors (Lipinski definition) is 4. The van der Waals surface area contributed by atoms with Crippen molar-refractivity contribution in [1.82, 2.24) is 20.1 Å². The molecule has 0 saturated heterocycles. The Bertz CT molecular complexity index is 418. The van der Waals surface area contributed by atoms with Crippen LogP contribution in [-0.2, 0) is 18.3 Å². The predicted molar refractivity (Wildman–Crippen MR) is 61.7 cm³/mol. The summed E-state index contributed by atoms with van der Waals surface area (Å²) in [7, 11) is 1.79. The molecule has 1 aromatic heterocycles. The minimum absolute atomic E-state index is 0.0213. The van der Waals surface area contributed by atoms with Crippen molar-refractivity contribution in [3.05, 3.63) is 12.2 Å². The number of nitrogens with one attached hydrogen (secondary N) is 1. The van der Waals surface area contributed by atoms with Gasteiger partial charge in [0.25, 0.3) is 0 Å². The predicted octanol–water partition coefficient (Wildman–Crippen LogP) is 0.270. The van der Waals surface area contributed by atoms with Gasteiger partial charge in [0.2, 0.25) is 5.91 Å². The highest BCUT2D eigenvalue weighted by atomic mass is 16.1. The number of rotatable bonds is 5. The average molecular weight is 235 g/mol. The van der Waals surface area contributed by atoms with E-state index in [0.29, 0.717) is 18.8 Å². The lowest BCUT2D eigenvalue weighted by atomic mass is 9.97. The molecule has 1 rings (SSSR count). The van der Waals surface area contributed by atoms with E-state index in [1.165, 1.54) is 0 Å². The summed E-state index contributed by atoms with van der Waals surface area (Å²) in [6, 6.07) is 2.01. The zero-order valence-corrected chi connectivity index (χ0v) is 10.3. The molecule has 1 heterocycles. The topological polar surface area (TPSA) is 83.6 Å². The summed E-state index contributed by atoms with van der Waals surface area (Å²) >= 11 is 0. The maximum atomic E-state index is 11.6. The second-order valence-electron chi connectivity index (χ2n) is 4.23. The summed E-state index contributed by atoms with van der Waals surface area (Å²) in [6.45, 7) is 4.16. The number of aromatic nitrogens is 3. The van der Waals surface area contributed by atoms with Gasteiger partial charge in [0.1, 0.15) is 12.2 Å². The smallest absolute Gasteiger partial charge is 0.237 e. The van der Waals surface area contributed by atoms with Gasteiger partial charge in [0.05, 0.1) is 6.07 Å². The Morgan fingerprint density at radius 2 is 2.35 bits per heavy atom. The minimum Gasteiger partial charge on any atom is -0.355 e. The van der Waals surface area contributed by atoms with E-state index >= 15 is 0 Å². The highest BCUT2D eigenvalue weighted by Crippen LogP contribution is 2.09. The Morgan fingerprint density at radius 3 is 2.82 bits per heavy atom. The van der Waals surface area contributed by atoms with Gasteiger partial charge in [0.15, 0.2) is 5.82 Å². The molecule has 0 saturated carbocycles. The monoisotopic (exact) mass is 235 g/mol. The number of amides is 1. The third kappa shape index (κ3) is 3.87. The third-order valence-corrected chi connectivity index (χ3v) is 2.38. The Hall–Kier alpha value is -1.90. The van der Waals surface area contributed by atoms with Gasteiger partial charge in [-0.15, -0.1) is 0 Å². The van der Waals surface area contributed by atoms with Crippen LogP contribution in [0, 0.1) is 23.2 Å². The molecule has 0 aromatic carbocycles. The second-order valence-corrected chi connectivity index (χ2v) is 4.23. The second kappa shape index (κ2) is 5.99. The standard InChI is InChI=1S/C11H17N5O/c1-8(2)9(6-12)11(17)13-5-4-10-14-7-16(3)15-10/h7-9H,4-5H2,1-3H3,(H,13,17). The Labute approximate surface area is 101 Å². The van der Waals surface area contributed by atoms with E-state index in [4.69, 9.17) is 5.26 Å². The van der Waals surface area contributed by atoms with Crippen LogP contribution in [0.3, 0.4) is 0 Å². The maximum absolute atomic E-state index is 11.6. The van der Waals surface area contributed by atoms with E-state index in [1.54, 1.807) is 18.1 Å². The van der Waals surface area contributed by atoms with E-state index in [0.717, 1.165) is 0 Å². The van der Waals surface area contributed by atoms with Crippen LogP contribution in [0.4, 0.5) is 0 Å². The first-order valence-corrected chi connectivity index (χ1v) is 5.56. The van der Waals surface area contributed by atoms with Crippen LogP contribution < -0.4 is 5.32 Å². The van der Waals surface area contributed by atoms with Gasteiger partial charge in [-0.25, -0.2) is 4.98 Å². The Balaban J connectivity index is 2.36. The highest BCUT2D eigenvalue weighted by molar-refractivity contribution is 5.81. The third-order valence-electron chi connectivity index (χ3n) is 2.38. The number of aryl methyl sites for hydroxylation is 1. The lowest BCUT2D eigenvalue weighted by molar-refractivity contribution is -0.124. The number of hydrogen-bond donors (Lipinski definition) is 1. The first-order chi connectivity index (χ1) is 8.04. The molecule has 0 spiro atoms. The molecule has 0 fully saturated rings. The van der Waals surface area contributed by atoms with Gasteiger partial charge >= 0.3 is 0 Å². The molecule has 0 bridgehead atoms. The van der Waals surface area contributed by atoms with Crippen LogP contribution in [0.5, 0.6) is 0 Å². The van der Waals surface area contributed by atoms with Crippen molar-refractivity contribution >= 4 is 5.91 Å². The van der Waals surface area contributed by atoms with Gasteiger partial charge in [-0.2, -0.15) is 10.4 Å². The fourth-order valence-corrected chi connectivity index (χ4v) is 1.42. The van der Waals surface area contributed by atoms with Crippen molar-refractivity contribution in [2.24, 2.45) is 18.9 Å². The summed E-state index contributed by atoms with van der Waals surface area (Å²) in [6.07, 6.45) is 2.19. The lowest BCUT2D eigenvalue weighted by Gasteiger charge is -2.12. The molecular weight excluding hydrogens is 218 g/mol. The van der Waals surface area contributed by atoms with Gasteiger partial charge in [-0.05, 0) is 5.92 Å². The van der Waals surface area contributed by atoms with Crippen molar-refractivity contribution in [2.75, 3.05) is 6.54 Å². The number of nitrogens with zero attached hydrogens (tertiary/aromatic N) is 4. The van der Waals surface area contributed by atoms with Crippen molar-refractivity contribution in [3.8, 4) is 6.07 Å². The van der Waals surface area contributed by atoms with Gasteiger partial charge in [-0.1, -0.05) is 13.8 Å². The molecule has 1 atom stereocenters. The normalized spacial score (nSPS) is 12.2. The molecule has 0 aliphatic carbocycles. The molecule has 0 radical (unpaired) electrons. The number of carbonyl (C=O) groups is 1. The molecule has 6 nitrogen and oxygen atoms in total. The zero-order chi connectivity index (χ0) is 12.8. The molecule has 1 aromatic rings. The van der Waals surface area contributed by atoms with Gasteiger partial charge in [0, 0.05) is 20.0 Å². The van der Waals surface area contributed by atoms with Gasteiger partial charge < -0.3 is 5.32 Å². The summed E-state index contributed by atoms with van der Waals surface area (Å²) in [5.41, 5.74) is 0. The average Bonchev–Trinajstić information content (AvgIpc) is 2.64. The van der Waals surface area contributed by atoms with E-state index in [1.807, 2.05) is 19.9 Å².